The highest BCUT2D eigenvalue weighted by atomic mass is 16.6. The maximum absolute atomic E-state index is 12.5. The van der Waals surface area contributed by atoms with Crippen molar-refractivity contribution in [1.29, 1.82) is 0 Å². The molecule has 2 aliphatic heterocycles. The van der Waals surface area contributed by atoms with Gasteiger partial charge in [-0.05, 0) is 19.5 Å². The van der Waals surface area contributed by atoms with Crippen molar-refractivity contribution < 1.29 is 19.2 Å². The van der Waals surface area contributed by atoms with Gasteiger partial charge < -0.3 is 10.1 Å². The lowest BCUT2D eigenvalue weighted by Gasteiger charge is -2.29. The van der Waals surface area contributed by atoms with Gasteiger partial charge in [-0.2, -0.15) is 0 Å². The van der Waals surface area contributed by atoms with Gasteiger partial charge in [0.1, 0.15) is 5.54 Å². The second-order valence-corrected chi connectivity index (χ2v) is 5.61. The van der Waals surface area contributed by atoms with Crippen molar-refractivity contribution in [2.75, 3.05) is 26.0 Å². The van der Waals surface area contributed by atoms with Gasteiger partial charge in [0.25, 0.3) is 5.69 Å². The first-order valence-electron chi connectivity index (χ1n) is 6.79. The zero-order chi connectivity index (χ0) is 16.1. The molecule has 0 radical (unpaired) electrons. The van der Waals surface area contributed by atoms with Crippen molar-refractivity contribution >= 4 is 23.3 Å². The average molecular weight is 305 g/mol. The molecule has 1 fully saturated rings. The predicted molar refractivity (Wildman–Crippen MR) is 76.2 cm³/mol. The van der Waals surface area contributed by atoms with Crippen LogP contribution in [0.2, 0.25) is 0 Å². The summed E-state index contributed by atoms with van der Waals surface area (Å²) in [6.07, 6.45) is 0.246. The minimum atomic E-state index is -1.06. The van der Waals surface area contributed by atoms with Gasteiger partial charge in [-0.1, -0.05) is 0 Å². The SMILES string of the molecule is COC(=O)[C@H]1CN(C)[C@@]2(C1)C(=O)Nc1ccc([N+](=O)[O-])cc12. The number of methoxy groups -OCH3 is 1. The number of rotatable bonds is 2. The van der Waals surface area contributed by atoms with Crippen LogP contribution in [0.1, 0.15) is 12.0 Å². The Morgan fingerprint density at radius 1 is 1.55 bits per heavy atom. The van der Waals surface area contributed by atoms with Gasteiger partial charge in [0, 0.05) is 29.9 Å². The Labute approximate surface area is 126 Å². The summed E-state index contributed by atoms with van der Waals surface area (Å²) in [6.45, 7) is 0.363. The molecule has 1 saturated heterocycles. The zero-order valence-electron chi connectivity index (χ0n) is 12.2. The number of nitro groups is 1. The van der Waals surface area contributed by atoms with Crippen LogP contribution in [-0.4, -0.2) is 42.4 Å². The van der Waals surface area contributed by atoms with E-state index < -0.39 is 16.4 Å². The van der Waals surface area contributed by atoms with Crippen molar-refractivity contribution in [2.45, 2.75) is 12.0 Å². The summed E-state index contributed by atoms with van der Waals surface area (Å²) in [5, 5.41) is 13.7. The first-order valence-corrected chi connectivity index (χ1v) is 6.79. The number of amides is 1. The van der Waals surface area contributed by atoms with E-state index in [0.29, 0.717) is 17.8 Å². The third-order valence-corrected chi connectivity index (χ3v) is 4.51. The molecule has 1 amide bonds. The molecule has 0 aliphatic carbocycles. The normalized spacial score (nSPS) is 26.8. The number of non-ortho nitro benzene ring substituents is 1. The van der Waals surface area contributed by atoms with Crippen LogP contribution in [0.25, 0.3) is 0 Å². The Bertz CT molecular complexity index is 689. The molecule has 0 saturated carbocycles. The smallest absolute Gasteiger partial charge is 0.310 e. The maximum atomic E-state index is 12.5. The maximum Gasteiger partial charge on any atom is 0.310 e. The van der Waals surface area contributed by atoms with E-state index in [0.717, 1.165) is 0 Å². The zero-order valence-corrected chi connectivity index (χ0v) is 12.2. The number of esters is 1. The molecule has 1 aromatic rings. The molecule has 2 heterocycles. The summed E-state index contributed by atoms with van der Waals surface area (Å²) >= 11 is 0. The van der Waals surface area contributed by atoms with Gasteiger partial charge in [-0.25, -0.2) is 0 Å². The predicted octanol–water partition coefficient (Wildman–Crippen LogP) is 0.867. The average Bonchev–Trinajstić information content (AvgIpc) is 2.98. The molecule has 3 rings (SSSR count). The molecule has 0 unspecified atom stereocenters. The summed E-state index contributed by atoms with van der Waals surface area (Å²) < 4.78 is 4.76. The third kappa shape index (κ3) is 1.80. The summed E-state index contributed by atoms with van der Waals surface area (Å²) in [6, 6.07) is 4.29. The molecule has 1 aromatic carbocycles. The van der Waals surface area contributed by atoms with Gasteiger partial charge >= 0.3 is 5.97 Å². The Balaban J connectivity index is 2.09. The molecular weight excluding hydrogens is 290 g/mol. The van der Waals surface area contributed by atoms with Gasteiger partial charge in [0.2, 0.25) is 5.91 Å². The van der Waals surface area contributed by atoms with Crippen molar-refractivity contribution in [3.63, 3.8) is 0 Å². The van der Waals surface area contributed by atoms with Crippen molar-refractivity contribution in [1.82, 2.24) is 4.90 Å². The number of fused-ring (bicyclic) bond motifs is 2. The summed E-state index contributed by atoms with van der Waals surface area (Å²) in [7, 11) is 3.04. The van der Waals surface area contributed by atoms with Crippen LogP contribution in [0.15, 0.2) is 18.2 Å². The van der Waals surface area contributed by atoms with E-state index in [9.17, 15) is 19.7 Å². The van der Waals surface area contributed by atoms with E-state index in [4.69, 9.17) is 4.74 Å². The van der Waals surface area contributed by atoms with Crippen molar-refractivity contribution in [3.8, 4) is 0 Å². The number of hydrogen-bond acceptors (Lipinski definition) is 6. The molecule has 22 heavy (non-hydrogen) atoms. The number of likely N-dealkylation sites (N-methyl/N-ethyl adjacent to an activating group) is 1. The molecule has 0 bridgehead atoms. The number of carbonyl (C=O) groups is 2. The van der Waals surface area contributed by atoms with E-state index in [1.54, 1.807) is 11.9 Å². The number of nitrogens with zero attached hydrogens (tertiary/aromatic N) is 2. The van der Waals surface area contributed by atoms with Gasteiger partial charge in [0.15, 0.2) is 0 Å². The molecule has 2 atom stereocenters. The first kappa shape index (κ1) is 14.5. The molecule has 1 N–H and O–H groups in total. The van der Waals surface area contributed by atoms with Crippen LogP contribution in [0.4, 0.5) is 11.4 Å². The highest BCUT2D eigenvalue weighted by molar-refractivity contribution is 6.06. The van der Waals surface area contributed by atoms with Crippen LogP contribution in [0.3, 0.4) is 0 Å². The number of ether oxygens (including phenoxy) is 1. The van der Waals surface area contributed by atoms with Crippen LogP contribution in [0.5, 0.6) is 0 Å². The highest BCUT2D eigenvalue weighted by Gasteiger charge is 2.57. The third-order valence-electron chi connectivity index (χ3n) is 4.51. The lowest BCUT2D eigenvalue weighted by atomic mass is 9.86. The lowest BCUT2D eigenvalue weighted by molar-refractivity contribution is -0.384. The topological polar surface area (TPSA) is 102 Å². The fourth-order valence-corrected chi connectivity index (χ4v) is 3.41. The van der Waals surface area contributed by atoms with Crippen molar-refractivity contribution in [2.24, 2.45) is 5.92 Å². The fourth-order valence-electron chi connectivity index (χ4n) is 3.41. The molecule has 116 valence electrons. The molecule has 1 spiro atoms. The van der Waals surface area contributed by atoms with Crippen LogP contribution < -0.4 is 5.32 Å². The van der Waals surface area contributed by atoms with E-state index in [1.165, 1.54) is 25.3 Å². The molecule has 2 aliphatic rings. The quantitative estimate of drug-likeness (QED) is 0.494. The highest BCUT2D eigenvalue weighted by Crippen LogP contribution is 2.49. The monoisotopic (exact) mass is 305 g/mol. The van der Waals surface area contributed by atoms with E-state index in [1.807, 2.05) is 0 Å². The lowest BCUT2D eigenvalue weighted by Crippen LogP contribution is -2.44. The second-order valence-electron chi connectivity index (χ2n) is 5.61. The number of hydrogen-bond donors (Lipinski definition) is 1. The second kappa shape index (κ2) is 4.77. The number of anilines is 1. The van der Waals surface area contributed by atoms with Gasteiger partial charge in [-0.3, -0.25) is 24.6 Å². The van der Waals surface area contributed by atoms with E-state index >= 15 is 0 Å². The first-order chi connectivity index (χ1) is 10.4. The minimum absolute atomic E-state index is 0.0791. The van der Waals surface area contributed by atoms with Crippen molar-refractivity contribution in [3.05, 3.63) is 33.9 Å². The summed E-state index contributed by atoms with van der Waals surface area (Å²) in [5.74, 6) is -1.08. The number of carbonyl (C=O) groups excluding carboxylic acids is 2. The number of nitro benzene ring substituents is 1. The minimum Gasteiger partial charge on any atom is -0.469 e. The van der Waals surface area contributed by atoms with Gasteiger partial charge in [-0.15, -0.1) is 0 Å². The molecule has 8 nitrogen and oxygen atoms in total. The molecule has 8 heteroatoms. The van der Waals surface area contributed by atoms with Crippen LogP contribution >= 0.6 is 0 Å². The Morgan fingerprint density at radius 2 is 2.27 bits per heavy atom. The number of likely N-dealkylation sites (tertiary alicyclic amines) is 1. The largest absolute Gasteiger partial charge is 0.469 e. The van der Waals surface area contributed by atoms with E-state index in [2.05, 4.69) is 5.32 Å². The standard InChI is InChI=1S/C14H15N3O5/c1-16-7-8(12(18)22-2)6-14(16)10-5-9(17(20)21)3-4-11(10)15-13(14)19/h3-5,8H,6-7H2,1-2H3,(H,15,19)/t8-,14-/m1/s1. The van der Waals surface area contributed by atoms with Gasteiger partial charge in [0.05, 0.1) is 18.0 Å². The summed E-state index contributed by atoms with van der Waals surface area (Å²) in [5.41, 5.74) is -0.0432. The Morgan fingerprint density at radius 3 is 2.91 bits per heavy atom. The Kier molecular flexibility index (Phi) is 3.13. The fraction of sp³-hybridized carbons (Fsp3) is 0.429. The Hall–Kier alpha value is -2.48. The van der Waals surface area contributed by atoms with Crippen LogP contribution in [0, 0.1) is 16.0 Å². The number of benzene rings is 1. The van der Waals surface area contributed by atoms with E-state index in [-0.39, 0.29) is 24.0 Å². The van der Waals surface area contributed by atoms with Crippen LogP contribution in [-0.2, 0) is 19.9 Å². The summed E-state index contributed by atoms with van der Waals surface area (Å²) in [4.78, 5) is 36.6. The molecule has 0 aromatic heterocycles. The molecular formula is C14H15N3O5. The number of nitrogens with one attached hydrogen (secondary N) is 1.